The lowest BCUT2D eigenvalue weighted by atomic mass is 10.1. The van der Waals surface area contributed by atoms with Gasteiger partial charge in [-0.25, -0.2) is 0 Å². The van der Waals surface area contributed by atoms with E-state index in [1.807, 2.05) is 6.92 Å². The van der Waals surface area contributed by atoms with Crippen LogP contribution in [0.25, 0.3) is 0 Å². The van der Waals surface area contributed by atoms with Crippen LogP contribution in [0.1, 0.15) is 39.5 Å². The van der Waals surface area contributed by atoms with Crippen molar-refractivity contribution in [3.63, 3.8) is 0 Å². The van der Waals surface area contributed by atoms with Gasteiger partial charge < -0.3 is 9.64 Å². The lowest BCUT2D eigenvalue weighted by molar-refractivity contribution is -0.149. The first-order valence-corrected chi connectivity index (χ1v) is 7.13. The molecule has 0 aromatic heterocycles. The van der Waals surface area contributed by atoms with Crippen molar-refractivity contribution >= 4 is 11.9 Å². The molecule has 0 N–H and O–H groups in total. The van der Waals surface area contributed by atoms with E-state index in [4.69, 9.17) is 4.74 Å². The van der Waals surface area contributed by atoms with Gasteiger partial charge in [-0.3, -0.25) is 9.59 Å². The average Bonchev–Trinajstić information content (AvgIpc) is 2.81. The molecule has 4 heteroatoms. The van der Waals surface area contributed by atoms with Gasteiger partial charge in [0, 0.05) is 12.5 Å². The molecule has 102 valence electrons. The van der Waals surface area contributed by atoms with Crippen molar-refractivity contribution in [3.8, 4) is 0 Å². The minimum absolute atomic E-state index is 0.121. The number of ether oxygens (including phenoxy) is 1. The normalized spacial score (nSPS) is 28.7. The Balaban J connectivity index is 1.88. The molecule has 0 heterocycles. The minimum Gasteiger partial charge on any atom is -0.465 e. The van der Waals surface area contributed by atoms with Gasteiger partial charge in [0.25, 0.3) is 0 Å². The van der Waals surface area contributed by atoms with Crippen molar-refractivity contribution < 1.29 is 14.3 Å². The van der Waals surface area contributed by atoms with Crippen LogP contribution in [0.3, 0.4) is 0 Å². The molecule has 2 atom stereocenters. The SMILES string of the molecule is CCCN(CC(=O)OCC)C(=O)C1C2CCCC21. The fraction of sp³-hybridized carbons (Fsp3) is 0.857. The average molecular weight is 253 g/mol. The van der Waals surface area contributed by atoms with Crippen molar-refractivity contribution in [3.05, 3.63) is 0 Å². The van der Waals surface area contributed by atoms with Crippen LogP contribution in [0.5, 0.6) is 0 Å². The Morgan fingerprint density at radius 2 is 1.89 bits per heavy atom. The van der Waals surface area contributed by atoms with Gasteiger partial charge in [0.15, 0.2) is 0 Å². The summed E-state index contributed by atoms with van der Waals surface area (Å²) in [4.78, 5) is 25.6. The summed E-state index contributed by atoms with van der Waals surface area (Å²) in [7, 11) is 0. The highest BCUT2D eigenvalue weighted by Crippen LogP contribution is 2.58. The fourth-order valence-electron chi connectivity index (χ4n) is 3.30. The first kappa shape index (κ1) is 13.4. The van der Waals surface area contributed by atoms with E-state index in [9.17, 15) is 9.59 Å². The van der Waals surface area contributed by atoms with E-state index in [2.05, 4.69) is 0 Å². The lowest BCUT2D eigenvalue weighted by Crippen LogP contribution is -2.38. The van der Waals surface area contributed by atoms with E-state index >= 15 is 0 Å². The second-order valence-corrected chi connectivity index (χ2v) is 5.35. The number of amides is 1. The fourth-order valence-corrected chi connectivity index (χ4v) is 3.30. The topological polar surface area (TPSA) is 46.6 Å². The summed E-state index contributed by atoms with van der Waals surface area (Å²) in [5.74, 6) is 1.32. The Kier molecular flexibility index (Phi) is 4.25. The van der Waals surface area contributed by atoms with Gasteiger partial charge in [-0.05, 0) is 38.0 Å². The number of fused-ring (bicyclic) bond motifs is 1. The third-order valence-corrected chi connectivity index (χ3v) is 4.12. The molecule has 4 nitrogen and oxygen atoms in total. The molecule has 2 aliphatic rings. The van der Waals surface area contributed by atoms with E-state index < -0.39 is 0 Å². The van der Waals surface area contributed by atoms with Crippen molar-refractivity contribution in [1.29, 1.82) is 0 Å². The zero-order valence-electron chi connectivity index (χ0n) is 11.4. The van der Waals surface area contributed by atoms with E-state index in [0.29, 0.717) is 25.0 Å². The molecule has 0 aliphatic heterocycles. The summed E-state index contributed by atoms with van der Waals surface area (Å²) in [5, 5.41) is 0. The predicted molar refractivity (Wildman–Crippen MR) is 67.8 cm³/mol. The second-order valence-electron chi connectivity index (χ2n) is 5.35. The van der Waals surface area contributed by atoms with E-state index in [1.54, 1.807) is 11.8 Å². The highest BCUT2D eigenvalue weighted by molar-refractivity contribution is 5.86. The standard InChI is InChI=1S/C14H23NO3/c1-3-8-15(9-12(16)18-4-2)14(17)13-10-6-5-7-11(10)13/h10-11,13H,3-9H2,1-2H3. The summed E-state index contributed by atoms with van der Waals surface area (Å²) in [6, 6.07) is 0. The van der Waals surface area contributed by atoms with Crippen molar-refractivity contribution in [2.24, 2.45) is 17.8 Å². The van der Waals surface area contributed by atoms with E-state index in [-0.39, 0.29) is 24.3 Å². The molecule has 0 saturated heterocycles. The second kappa shape index (κ2) is 5.72. The Labute approximate surface area is 109 Å². The summed E-state index contributed by atoms with van der Waals surface area (Å²) in [6.45, 7) is 4.97. The third-order valence-electron chi connectivity index (χ3n) is 4.12. The Morgan fingerprint density at radius 1 is 1.22 bits per heavy atom. The van der Waals surface area contributed by atoms with Crippen LogP contribution in [0.4, 0.5) is 0 Å². The molecule has 2 aliphatic carbocycles. The van der Waals surface area contributed by atoms with Gasteiger partial charge in [-0.15, -0.1) is 0 Å². The molecule has 0 spiro atoms. The van der Waals surface area contributed by atoms with Crippen LogP contribution in [-0.4, -0.2) is 36.5 Å². The number of rotatable bonds is 6. The Morgan fingerprint density at radius 3 is 2.44 bits per heavy atom. The molecule has 2 rings (SSSR count). The summed E-state index contributed by atoms with van der Waals surface area (Å²) in [6.07, 6.45) is 4.54. The zero-order chi connectivity index (χ0) is 13.1. The molecule has 0 radical (unpaired) electrons. The van der Waals surface area contributed by atoms with Gasteiger partial charge in [0.2, 0.25) is 5.91 Å². The molecule has 0 bridgehead atoms. The van der Waals surface area contributed by atoms with Crippen molar-refractivity contribution in [2.75, 3.05) is 19.7 Å². The maximum atomic E-state index is 12.4. The number of nitrogens with zero attached hydrogens (tertiary/aromatic N) is 1. The number of esters is 1. The van der Waals surface area contributed by atoms with Crippen LogP contribution in [-0.2, 0) is 14.3 Å². The maximum Gasteiger partial charge on any atom is 0.325 e. The molecular formula is C14H23NO3. The first-order chi connectivity index (χ1) is 8.69. The van der Waals surface area contributed by atoms with Gasteiger partial charge in [-0.1, -0.05) is 13.3 Å². The van der Waals surface area contributed by atoms with Gasteiger partial charge >= 0.3 is 5.97 Å². The molecule has 0 aromatic rings. The molecule has 18 heavy (non-hydrogen) atoms. The number of carbonyl (C=O) groups excluding carboxylic acids is 2. The molecule has 0 aromatic carbocycles. The highest BCUT2D eigenvalue weighted by atomic mass is 16.5. The van der Waals surface area contributed by atoms with Crippen LogP contribution >= 0.6 is 0 Å². The maximum absolute atomic E-state index is 12.4. The van der Waals surface area contributed by atoms with Crippen molar-refractivity contribution in [2.45, 2.75) is 39.5 Å². The van der Waals surface area contributed by atoms with Crippen molar-refractivity contribution in [1.82, 2.24) is 4.90 Å². The molecule has 2 saturated carbocycles. The summed E-state index contributed by atoms with van der Waals surface area (Å²) >= 11 is 0. The Hall–Kier alpha value is -1.06. The van der Waals surface area contributed by atoms with Crippen LogP contribution < -0.4 is 0 Å². The number of hydrogen-bond donors (Lipinski definition) is 0. The monoisotopic (exact) mass is 253 g/mol. The van der Waals surface area contributed by atoms with E-state index in [0.717, 1.165) is 6.42 Å². The van der Waals surface area contributed by atoms with Gasteiger partial charge in [0.05, 0.1) is 6.61 Å². The molecule has 1 amide bonds. The summed E-state index contributed by atoms with van der Waals surface area (Å²) in [5.41, 5.74) is 0. The molecular weight excluding hydrogens is 230 g/mol. The molecule has 2 fully saturated rings. The smallest absolute Gasteiger partial charge is 0.325 e. The van der Waals surface area contributed by atoms with Crippen LogP contribution in [0, 0.1) is 17.8 Å². The van der Waals surface area contributed by atoms with E-state index in [1.165, 1.54) is 19.3 Å². The van der Waals surface area contributed by atoms with Crippen LogP contribution in [0.15, 0.2) is 0 Å². The highest BCUT2D eigenvalue weighted by Gasteiger charge is 2.57. The third kappa shape index (κ3) is 2.68. The number of hydrogen-bond acceptors (Lipinski definition) is 3. The van der Waals surface area contributed by atoms with Gasteiger partial charge in [-0.2, -0.15) is 0 Å². The predicted octanol–water partition coefficient (Wildman–Crippen LogP) is 1.83. The summed E-state index contributed by atoms with van der Waals surface area (Å²) < 4.78 is 4.93. The van der Waals surface area contributed by atoms with Gasteiger partial charge in [0.1, 0.15) is 6.54 Å². The Bertz CT molecular complexity index is 319. The number of carbonyl (C=O) groups is 2. The zero-order valence-corrected chi connectivity index (χ0v) is 11.4. The minimum atomic E-state index is -0.287. The quantitative estimate of drug-likeness (QED) is 0.678. The largest absolute Gasteiger partial charge is 0.465 e. The first-order valence-electron chi connectivity index (χ1n) is 7.13. The lowest BCUT2D eigenvalue weighted by Gasteiger charge is -2.22. The van der Waals surface area contributed by atoms with Crippen LogP contribution in [0.2, 0.25) is 0 Å². The molecule has 2 unspecified atom stereocenters.